The molecule has 2 heteroatoms. The van der Waals surface area contributed by atoms with Gasteiger partial charge in [0.05, 0.1) is 0 Å². The van der Waals surface area contributed by atoms with Crippen LogP contribution >= 0.6 is 21.0 Å². The molecule has 0 aromatic rings. The molecule has 66 valence electrons. The molecule has 2 saturated carbocycles. The van der Waals surface area contributed by atoms with Crippen LogP contribution in [0.1, 0.15) is 44.9 Å². The predicted molar refractivity (Wildman–Crippen MR) is 55.5 cm³/mol. The van der Waals surface area contributed by atoms with Gasteiger partial charge in [-0.1, -0.05) is 19.3 Å². The molecule has 0 heterocycles. The van der Waals surface area contributed by atoms with Crippen molar-refractivity contribution in [2.24, 2.45) is 0 Å². The first-order chi connectivity index (χ1) is 4.95. The van der Waals surface area contributed by atoms with Gasteiger partial charge in [0.1, 0.15) is 0 Å². The minimum atomic E-state index is 0. The highest BCUT2D eigenvalue weighted by Gasteiger charge is 2.23. The molecular weight excluding hydrogens is 175 g/mol. The van der Waals surface area contributed by atoms with Gasteiger partial charge in [0.15, 0.2) is 0 Å². The van der Waals surface area contributed by atoms with E-state index in [1.807, 2.05) is 0 Å². The van der Waals surface area contributed by atoms with Gasteiger partial charge in [0, 0.05) is 0 Å². The molecule has 0 aromatic heterocycles. The lowest BCUT2D eigenvalue weighted by atomic mass is 10.00. The third kappa shape index (κ3) is 2.60. The number of rotatable bonds is 2. The Hall–Kier alpha value is 0.720. The van der Waals surface area contributed by atoms with E-state index in [4.69, 9.17) is 0 Å². The maximum absolute atomic E-state index is 1.56. The fourth-order valence-corrected chi connectivity index (χ4v) is 4.15. The van der Waals surface area contributed by atoms with E-state index < -0.39 is 0 Å². The zero-order valence-electron chi connectivity index (χ0n) is 7.01. The summed E-state index contributed by atoms with van der Waals surface area (Å²) in [6.45, 7) is 0. The number of halogens is 1. The average molecular weight is 193 g/mol. The molecule has 0 amide bonds. The summed E-state index contributed by atoms with van der Waals surface area (Å²) in [6, 6.07) is 0. The first kappa shape index (κ1) is 9.81. The standard InChI is InChI=1S/C9H17P.ClH/c1-2-5-8(4-1)10-9-6-3-7-9;/h8-10H,1-7H2;1H. The summed E-state index contributed by atoms with van der Waals surface area (Å²) in [5, 5.41) is 0. The van der Waals surface area contributed by atoms with E-state index >= 15 is 0 Å². The molecule has 11 heavy (non-hydrogen) atoms. The largest absolute Gasteiger partial charge is 0.147 e. The Labute approximate surface area is 77.7 Å². The molecule has 0 radical (unpaired) electrons. The SMILES string of the molecule is C1CCC(PC2CCC2)C1.Cl. The summed E-state index contributed by atoms with van der Waals surface area (Å²) in [7, 11) is 1.35. The molecule has 0 spiro atoms. The normalized spacial score (nSPS) is 27.3. The Morgan fingerprint density at radius 2 is 1.18 bits per heavy atom. The van der Waals surface area contributed by atoms with Gasteiger partial charge < -0.3 is 0 Å². The number of hydrogen-bond donors (Lipinski definition) is 0. The zero-order chi connectivity index (χ0) is 6.81. The van der Waals surface area contributed by atoms with Gasteiger partial charge >= 0.3 is 0 Å². The lowest BCUT2D eigenvalue weighted by Gasteiger charge is -2.27. The van der Waals surface area contributed by atoms with Crippen LogP contribution in [0.5, 0.6) is 0 Å². The van der Waals surface area contributed by atoms with Crippen molar-refractivity contribution >= 4 is 21.0 Å². The summed E-state index contributed by atoms with van der Waals surface area (Å²) < 4.78 is 0. The molecule has 1 unspecified atom stereocenters. The topological polar surface area (TPSA) is 0 Å². The second-order valence-electron chi connectivity index (χ2n) is 3.78. The van der Waals surface area contributed by atoms with Crippen molar-refractivity contribution in [2.75, 3.05) is 0 Å². The van der Waals surface area contributed by atoms with Crippen LogP contribution in [0.25, 0.3) is 0 Å². The number of hydrogen-bond acceptors (Lipinski definition) is 0. The highest BCUT2D eigenvalue weighted by molar-refractivity contribution is 7.39. The van der Waals surface area contributed by atoms with Crippen LogP contribution < -0.4 is 0 Å². The Kier molecular flexibility index (Phi) is 4.17. The van der Waals surface area contributed by atoms with Crippen molar-refractivity contribution in [2.45, 2.75) is 56.3 Å². The second-order valence-corrected chi connectivity index (χ2v) is 5.74. The van der Waals surface area contributed by atoms with Gasteiger partial charge in [0.2, 0.25) is 0 Å². The third-order valence-electron chi connectivity index (χ3n) is 2.93. The maximum Gasteiger partial charge on any atom is -0.0234 e. The second kappa shape index (κ2) is 4.67. The Balaban J connectivity index is 0.000000605. The van der Waals surface area contributed by atoms with E-state index in [9.17, 15) is 0 Å². The summed E-state index contributed by atoms with van der Waals surface area (Å²) in [4.78, 5) is 0. The first-order valence-corrected chi connectivity index (χ1v) is 5.87. The van der Waals surface area contributed by atoms with Crippen LogP contribution in [0.3, 0.4) is 0 Å². The summed E-state index contributed by atoms with van der Waals surface area (Å²) >= 11 is 0. The maximum atomic E-state index is 1.56. The van der Waals surface area contributed by atoms with E-state index in [0.717, 1.165) is 0 Å². The minimum Gasteiger partial charge on any atom is -0.147 e. The van der Waals surface area contributed by atoms with Gasteiger partial charge in [-0.2, -0.15) is 0 Å². The molecule has 2 rings (SSSR count). The highest BCUT2D eigenvalue weighted by atomic mass is 35.5. The molecule has 0 aliphatic heterocycles. The van der Waals surface area contributed by atoms with Crippen LogP contribution in [0.2, 0.25) is 0 Å². The molecular formula is C9H18ClP. The van der Waals surface area contributed by atoms with Crippen molar-refractivity contribution in [3.63, 3.8) is 0 Å². The van der Waals surface area contributed by atoms with Gasteiger partial charge in [-0.15, -0.1) is 21.0 Å². The van der Waals surface area contributed by atoms with Crippen LogP contribution in [0, 0.1) is 0 Å². The third-order valence-corrected chi connectivity index (χ3v) is 5.03. The monoisotopic (exact) mass is 192 g/mol. The molecule has 2 aliphatic rings. The Morgan fingerprint density at radius 3 is 1.55 bits per heavy atom. The Morgan fingerprint density at radius 1 is 0.727 bits per heavy atom. The molecule has 0 saturated heterocycles. The fraction of sp³-hybridized carbons (Fsp3) is 1.00. The van der Waals surface area contributed by atoms with E-state index in [1.54, 1.807) is 25.7 Å². The molecule has 1 atom stereocenters. The van der Waals surface area contributed by atoms with Gasteiger partial charge in [0.25, 0.3) is 0 Å². The summed E-state index contributed by atoms with van der Waals surface area (Å²) in [5.74, 6) is 0. The Bertz CT molecular complexity index is 106. The van der Waals surface area contributed by atoms with Gasteiger partial charge in [-0.25, -0.2) is 0 Å². The molecule has 2 aliphatic carbocycles. The van der Waals surface area contributed by atoms with Gasteiger partial charge in [-0.3, -0.25) is 0 Å². The fourth-order valence-electron chi connectivity index (χ4n) is 2.00. The van der Waals surface area contributed by atoms with E-state index in [0.29, 0.717) is 0 Å². The van der Waals surface area contributed by atoms with Crippen molar-refractivity contribution in [1.82, 2.24) is 0 Å². The van der Waals surface area contributed by atoms with Crippen molar-refractivity contribution in [1.29, 1.82) is 0 Å². The van der Waals surface area contributed by atoms with E-state index in [-0.39, 0.29) is 12.4 Å². The smallest absolute Gasteiger partial charge is 0.0234 e. The average Bonchev–Trinajstić information content (AvgIpc) is 2.29. The van der Waals surface area contributed by atoms with Gasteiger partial charge in [-0.05, 0) is 37.0 Å². The lowest BCUT2D eigenvalue weighted by molar-refractivity contribution is 0.515. The molecule has 0 N–H and O–H groups in total. The van der Waals surface area contributed by atoms with E-state index in [2.05, 4.69) is 0 Å². The highest BCUT2D eigenvalue weighted by Crippen LogP contribution is 2.44. The predicted octanol–water partition coefficient (Wildman–Crippen LogP) is 3.58. The zero-order valence-corrected chi connectivity index (χ0v) is 8.83. The van der Waals surface area contributed by atoms with Crippen LogP contribution in [-0.2, 0) is 0 Å². The lowest BCUT2D eigenvalue weighted by Crippen LogP contribution is -2.14. The van der Waals surface area contributed by atoms with E-state index in [1.165, 1.54) is 39.2 Å². The van der Waals surface area contributed by atoms with Crippen LogP contribution in [-0.4, -0.2) is 11.3 Å². The van der Waals surface area contributed by atoms with Crippen LogP contribution in [0.15, 0.2) is 0 Å². The quantitative estimate of drug-likeness (QED) is 0.587. The van der Waals surface area contributed by atoms with Crippen LogP contribution in [0.4, 0.5) is 0 Å². The van der Waals surface area contributed by atoms with Crippen molar-refractivity contribution in [3.8, 4) is 0 Å². The summed E-state index contributed by atoms with van der Waals surface area (Å²) in [5.41, 5.74) is 2.35. The molecule has 2 fully saturated rings. The summed E-state index contributed by atoms with van der Waals surface area (Å²) in [6.07, 6.45) is 10.9. The van der Waals surface area contributed by atoms with Crippen molar-refractivity contribution in [3.05, 3.63) is 0 Å². The first-order valence-electron chi connectivity index (χ1n) is 4.71. The molecule has 0 aromatic carbocycles. The molecule has 0 bridgehead atoms. The molecule has 0 nitrogen and oxygen atoms in total. The minimum absolute atomic E-state index is 0. The van der Waals surface area contributed by atoms with Crippen molar-refractivity contribution < 1.29 is 0 Å².